The third kappa shape index (κ3) is 4.02. The second kappa shape index (κ2) is 6.99. The highest BCUT2D eigenvalue weighted by Gasteiger charge is 2.03. The molecular weight excluding hydrogens is 274 g/mol. The third-order valence-electron chi connectivity index (χ3n) is 2.63. The van der Waals surface area contributed by atoms with Crippen molar-refractivity contribution in [1.29, 1.82) is 0 Å². The predicted octanol–water partition coefficient (Wildman–Crippen LogP) is 0.835. The van der Waals surface area contributed by atoms with Gasteiger partial charge in [-0.1, -0.05) is 0 Å². The van der Waals surface area contributed by atoms with Gasteiger partial charge < -0.3 is 10.6 Å². The first kappa shape index (κ1) is 14.4. The van der Waals surface area contributed by atoms with E-state index in [0.29, 0.717) is 6.54 Å². The van der Waals surface area contributed by atoms with E-state index in [1.807, 2.05) is 27.1 Å². The zero-order valence-corrected chi connectivity index (χ0v) is 12.7. The van der Waals surface area contributed by atoms with Crippen LogP contribution in [0.15, 0.2) is 17.5 Å². The van der Waals surface area contributed by atoms with Crippen LogP contribution in [0.3, 0.4) is 0 Å². The highest BCUT2D eigenvalue weighted by Crippen LogP contribution is 2.10. The summed E-state index contributed by atoms with van der Waals surface area (Å²) in [5.74, 6) is 1.59. The Labute approximate surface area is 122 Å². The van der Waals surface area contributed by atoms with Crippen molar-refractivity contribution in [3.63, 3.8) is 0 Å². The molecule has 7 nitrogen and oxygen atoms in total. The number of guanidine groups is 1. The fourth-order valence-electron chi connectivity index (χ4n) is 1.61. The van der Waals surface area contributed by atoms with E-state index < -0.39 is 0 Å². The molecule has 0 aliphatic rings. The molecule has 0 saturated carbocycles. The molecule has 108 valence electrons. The van der Waals surface area contributed by atoms with Crippen LogP contribution in [0.25, 0.3) is 0 Å². The highest BCUT2D eigenvalue weighted by molar-refractivity contribution is 7.11. The average molecular weight is 293 g/mol. The lowest BCUT2D eigenvalue weighted by atomic mass is 10.5. The van der Waals surface area contributed by atoms with Gasteiger partial charge in [0.05, 0.1) is 11.6 Å². The molecule has 0 fully saturated rings. The van der Waals surface area contributed by atoms with Gasteiger partial charge in [-0.2, -0.15) is 5.10 Å². The number of rotatable bonds is 5. The molecule has 0 amide bonds. The molecule has 2 aromatic heterocycles. The van der Waals surface area contributed by atoms with Crippen molar-refractivity contribution in [2.24, 2.45) is 12.0 Å². The van der Waals surface area contributed by atoms with Crippen LogP contribution in [0.2, 0.25) is 0 Å². The zero-order valence-electron chi connectivity index (χ0n) is 11.9. The fraction of sp³-hybridized carbons (Fsp3) is 0.500. The van der Waals surface area contributed by atoms with Crippen molar-refractivity contribution in [3.8, 4) is 0 Å². The summed E-state index contributed by atoms with van der Waals surface area (Å²) < 4.78 is 1.72. The molecule has 0 saturated heterocycles. The lowest BCUT2D eigenvalue weighted by Gasteiger charge is -2.09. The Morgan fingerprint density at radius 3 is 2.85 bits per heavy atom. The Morgan fingerprint density at radius 1 is 1.40 bits per heavy atom. The largest absolute Gasteiger partial charge is 0.357 e. The summed E-state index contributed by atoms with van der Waals surface area (Å²) in [6.45, 7) is 6.06. The van der Waals surface area contributed by atoms with E-state index in [-0.39, 0.29) is 0 Å². The SMILES string of the molecule is CCNC(=NCc1ncnn1C)NCc1cnc(C)s1. The number of aromatic nitrogens is 4. The Bertz CT molecular complexity index is 572. The smallest absolute Gasteiger partial charge is 0.191 e. The van der Waals surface area contributed by atoms with E-state index >= 15 is 0 Å². The third-order valence-corrected chi connectivity index (χ3v) is 3.54. The van der Waals surface area contributed by atoms with Gasteiger partial charge in [0, 0.05) is 24.7 Å². The van der Waals surface area contributed by atoms with Crippen LogP contribution in [0.5, 0.6) is 0 Å². The normalized spacial score (nSPS) is 11.7. The monoisotopic (exact) mass is 293 g/mol. The van der Waals surface area contributed by atoms with E-state index in [9.17, 15) is 0 Å². The molecule has 2 aromatic rings. The van der Waals surface area contributed by atoms with Gasteiger partial charge in [0.15, 0.2) is 5.96 Å². The van der Waals surface area contributed by atoms with E-state index in [1.165, 1.54) is 11.2 Å². The minimum absolute atomic E-state index is 0.494. The summed E-state index contributed by atoms with van der Waals surface area (Å²) in [4.78, 5) is 14.1. The van der Waals surface area contributed by atoms with Gasteiger partial charge in [0.25, 0.3) is 0 Å². The van der Waals surface area contributed by atoms with Gasteiger partial charge in [0.2, 0.25) is 0 Å². The minimum Gasteiger partial charge on any atom is -0.357 e. The maximum absolute atomic E-state index is 4.49. The summed E-state index contributed by atoms with van der Waals surface area (Å²) in [6, 6.07) is 0. The molecule has 0 radical (unpaired) electrons. The fourth-order valence-corrected chi connectivity index (χ4v) is 2.35. The molecule has 0 atom stereocenters. The second-order valence-electron chi connectivity index (χ2n) is 4.19. The van der Waals surface area contributed by atoms with Crippen molar-refractivity contribution in [2.75, 3.05) is 6.54 Å². The lowest BCUT2D eigenvalue weighted by molar-refractivity contribution is 0.697. The molecule has 8 heteroatoms. The van der Waals surface area contributed by atoms with E-state index in [1.54, 1.807) is 16.0 Å². The number of hydrogen-bond acceptors (Lipinski definition) is 5. The van der Waals surface area contributed by atoms with Gasteiger partial charge in [-0.05, 0) is 13.8 Å². The highest BCUT2D eigenvalue weighted by atomic mass is 32.1. The van der Waals surface area contributed by atoms with Crippen molar-refractivity contribution < 1.29 is 0 Å². The number of nitrogens with one attached hydrogen (secondary N) is 2. The molecule has 0 aliphatic heterocycles. The van der Waals surface area contributed by atoms with Crippen LogP contribution in [0.1, 0.15) is 22.6 Å². The number of aliphatic imine (C=N–C) groups is 1. The second-order valence-corrected chi connectivity index (χ2v) is 5.51. The molecular formula is C12H19N7S. The van der Waals surface area contributed by atoms with Crippen LogP contribution in [-0.4, -0.2) is 32.3 Å². The Kier molecular flexibility index (Phi) is 5.05. The number of hydrogen-bond donors (Lipinski definition) is 2. The quantitative estimate of drug-likeness (QED) is 0.630. The number of thiazole rings is 1. The molecule has 20 heavy (non-hydrogen) atoms. The van der Waals surface area contributed by atoms with Crippen molar-refractivity contribution in [2.45, 2.75) is 26.9 Å². The summed E-state index contributed by atoms with van der Waals surface area (Å²) in [6.07, 6.45) is 3.42. The van der Waals surface area contributed by atoms with Crippen LogP contribution < -0.4 is 10.6 Å². The number of aryl methyl sites for hydroxylation is 2. The first-order valence-electron chi connectivity index (χ1n) is 6.45. The van der Waals surface area contributed by atoms with Crippen molar-refractivity contribution >= 4 is 17.3 Å². The molecule has 0 spiro atoms. The minimum atomic E-state index is 0.494. The predicted molar refractivity (Wildman–Crippen MR) is 79.5 cm³/mol. The summed E-state index contributed by atoms with van der Waals surface area (Å²) in [5, 5.41) is 11.6. The Balaban J connectivity index is 1.94. The van der Waals surface area contributed by atoms with Crippen molar-refractivity contribution in [1.82, 2.24) is 30.4 Å². The van der Waals surface area contributed by atoms with Gasteiger partial charge >= 0.3 is 0 Å². The molecule has 0 aliphatic carbocycles. The van der Waals surface area contributed by atoms with Gasteiger partial charge in [0.1, 0.15) is 18.7 Å². The summed E-state index contributed by atoms with van der Waals surface area (Å²) >= 11 is 1.68. The van der Waals surface area contributed by atoms with Gasteiger partial charge in [-0.15, -0.1) is 11.3 Å². The topological polar surface area (TPSA) is 80.0 Å². The molecule has 0 unspecified atom stereocenters. The van der Waals surface area contributed by atoms with E-state index in [0.717, 1.165) is 29.9 Å². The number of nitrogens with zero attached hydrogens (tertiary/aromatic N) is 5. The van der Waals surface area contributed by atoms with Crippen molar-refractivity contribution in [3.05, 3.63) is 28.2 Å². The van der Waals surface area contributed by atoms with E-state index in [2.05, 4.69) is 30.7 Å². The molecule has 0 bridgehead atoms. The summed E-state index contributed by atoms with van der Waals surface area (Å²) in [5.41, 5.74) is 0. The van der Waals surface area contributed by atoms with Crippen LogP contribution in [-0.2, 0) is 20.1 Å². The molecule has 2 rings (SSSR count). The molecule has 2 N–H and O–H groups in total. The Hall–Kier alpha value is -1.96. The summed E-state index contributed by atoms with van der Waals surface area (Å²) in [7, 11) is 1.86. The maximum Gasteiger partial charge on any atom is 0.191 e. The zero-order chi connectivity index (χ0) is 14.4. The Morgan fingerprint density at radius 2 is 2.25 bits per heavy atom. The average Bonchev–Trinajstić information content (AvgIpc) is 3.02. The van der Waals surface area contributed by atoms with Crippen LogP contribution >= 0.6 is 11.3 Å². The standard InChI is InChI=1S/C12H19N7S/c1-4-13-12(15-6-10-5-14-9(2)20-10)16-7-11-17-8-18-19(11)3/h5,8H,4,6-7H2,1-3H3,(H2,13,15,16). The lowest BCUT2D eigenvalue weighted by Crippen LogP contribution is -2.36. The van der Waals surface area contributed by atoms with Crippen LogP contribution in [0.4, 0.5) is 0 Å². The molecule has 0 aromatic carbocycles. The maximum atomic E-state index is 4.49. The van der Waals surface area contributed by atoms with Crippen LogP contribution in [0, 0.1) is 6.92 Å². The van der Waals surface area contributed by atoms with Gasteiger partial charge in [-0.3, -0.25) is 4.68 Å². The van der Waals surface area contributed by atoms with E-state index in [4.69, 9.17) is 0 Å². The first-order valence-corrected chi connectivity index (χ1v) is 7.27. The first-order chi connectivity index (χ1) is 9.69. The molecule has 2 heterocycles. The van der Waals surface area contributed by atoms with Gasteiger partial charge in [-0.25, -0.2) is 15.0 Å².